The van der Waals surface area contributed by atoms with Crippen LogP contribution in [0.3, 0.4) is 0 Å². The van der Waals surface area contributed by atoms with Crippen LogP contribution in [-0.2, 0) is 0 Å². The zero-order valence-electron chi connectivity index (χ0n) is 11.3. The number of rotatable bonds is 1. The molecule has 1 N–H and O–H groups in total. The van der Waals surface area contributed by atoms with E-state index in [0.717, 1.165) is 17.8 Å². The third-order valence-electron chi connectivity index (χ3n) is 4.14. The lowest BCUT2D eigenvalue weighted by Gasteiger charge is -2.27. The molecule has 1 aliphatic rings. The number of fused-ring (bicyclic) bond motifs is 1. The lowest BCUT2D eigenvalue weighted by Crippen LogP contribution is -2.36. The Labute approximate surface area is 108 Å². The van der Waals surface area contributed by atoms with Gasteiger partial charge in [0.25, 0.3) is 0 Å². The number of benzene rings is 1. The molecular formula is C16H20N2. The molecule has 0 saturated carbocycles. The van der Waals surface area contributed by atoms with Crippen molar-refractivity contribution in [1.29, 1.82) is 0 Å². The number of aromatic nitrogens is 1. The fourth-order valence-electron chi connectivity index (χ4n) is 3.07. The first-order valence-corrected chi connectivity index (χ1v) is 6.69. The molecular weight excluding hydrogens is 220 g/mol. The Balaban J connectivity index is 2.06. The maximum Gasteiger partial charge on any atom is 0.0705 e. The molecule has 0 bridgehead atoms. The van der Waals surface area contributed by atoms with Crippen molar-refractivity contribution in [2.45, 2.75) is 38.6 Å². The van der Waals surface area contributed by atoms with Gasteiger partial charge in [-0.05, 0) is 57.5 Å². The number of hydrogen-bond acceptors (Lipinski definition) is 2. The summed E-state index contributed by atoms with van der Waals surface area (Å²) >= 11 is 0. The highest BCUT2D eigenvalue weighted by Gasteiger charge is 2.34. The molecule has 2 aromatic rings. The van der Waals surface area contributed by atoms with E-state index >= 15 is 0 Å². The summed E-state index contributed by atoms with van der Waals surface area (Å²) in [5.74, 6) is 0.600. The summed E-state index contributed by atoms with van der Waals surface area (Å²) in [6, 6.07) is 11.0. The molecule has 1 saturated heterocycles. The number of hydrogen-bond donors (Lipinski definition) is 1. The van der Waals surface area contributed by atoms with Crippen molar-refractivity contribution in [2.75, 3.05) is 6.54 Å². The van der Waals surface area contributed by atoms with Gasteiger partial charge in [-0.25, -0.2) is 0 Å². The predicted octanol–water partition coefficient (Wildman–Crippen LogP) is 3.40. The number of nitrogens with one attached hydrogen (secondary N) is 1. The predicted molar refractivity (Wildman–Crippen MR) is 75.9 cm³/mol. The maximum atomic E-state index is 4.56. The molecule has 3 rings (SSSR count). The molecule has 0 spiro atoms. The second kappa shape index (κ2) is 4.06. The number of nitrogens with zero attached hydrogens (tertiary/aromatic N) is 1. The molecule has 0 aliphatic carbocycles. The van der Waals surface area contributed by atoms with E-state index < -0.39 is 0 Å². The lowest BCUT2D eigenvalue weighted by atomic mass is 9.83. The molecule has 1 aromatic heterocycles. The van der Waals surface area contributed by atoms with Crippen LogP contribution < -0.4 is 5.32 Å². The van der Waals surface area contributed by atoms with Gasteiger partial charge in [0.1, 0.15) is 0 Å². The van der Waals surface area contributed by atoms with Crippen LogP contribution in [0.15, 0.2) is 30.3 Å². The van der Waals surface area contributed by atoms with E-state index in [-0.39, 0.29) is 5.54 Å². The Hall–Kier alpha value is -1.41. The first-order chi connectivity index (χ1) is 8.56. The summed E-state index contributed by atoms with van der Waals surface area (Å²) in [5, 5.41) is 4.84. The van der Waals surface area contributed by atoms with Gasteiger partial charge in [0.2, 0.25) is 0 Å². The summed E-state index contributed by atoms with van der Waals surface area (Å²) in [6.45, 7) is 7.74. The minimum Gasteiger partial charge on any atom is -0.311 e. The molecule has 94 valence electrons. The first-order valence-electron chi connectivity index (χ1n) is 6.69. The van der Waals surface area contributed by atoms with Gasteiger partial charge < -0.3 is 5.32 Å². The van der Waals surface area contributed by atoms with Gasteiger partial charge in [0.15, 0.2) is 0 Å². The van der Waals surface area contributed by atoms with E-state index in [1.54, 1.807) is 0 Å². The zero-order valence-corrected chi connectivity index (χ0v) is 11.3. The van der Waals surface area contributed by atoms with Crippen molar-refractivity contribution in [1.82, 2.24) is 10.3 Å². The average molecular weight is 240 g/mol. The minimum atomic E-state index is 0.200. The van der Waals surface area contributed by atoms with E-state index in [1.165, 1.54) is 17.4 Å². The van der Waals surface area contributed by atoms with Crippen molar-refractivity contribution < 1.29 is 0 Å². The summed E-state index contributed by atoms with van der Waals surface area (Å²) in [5.41, 5.74) is 3.81. The topological polar surface area (TPSA) is 24.9 Å². The molecule has 0 radical (unpaired) electrons. The van der Waals surface area contributed by atoms with E-state index in [9.17, 15) is 0 Å². The second-order valence-electron chi connectivity index (χ2n) is 5.89. The van der Waals surface area contributed by atoms with E-state index in [1.807, 2.05) is 6.92 Å². The van der Waals surface area contributed by atoms with Gasteiger partial charge in [-0.1, -0.05) is 12.1 Å². The van der Waals surface area contributed by atoms with Crippen molar-refractivity contribution >= 4 is 10.9 Å². The van der Waals surface area contributed by atoms with Crippen LogP contribution in [0.5, 0.6) is 0 Å². The average Bonchev–Trinajstić information content (AvgIpc) is 2.68. The SMILES string of the molecule is Cc1ccc2cc(C3CCNC3(C)C)ccc2n1. The lowest BCUT2D eigenvalue weighted by molar-refractivity contribution is 0.411. The Morgan fingerprint density at radius 2 is 2.06 bits per heavy atom. The summed E-state index contributed by atoms with van der Waals surface area (Å²) < 4.78 is 0. The van der Waals surface area contributed by atoms with Crippen LogP contribution in [0, 0.1) is 6.92 Å². The monoisotopic (exact) mass is 240 g/mol. The Morgan fingerprint density at radius 1 is 1.22 bits per heavy atom. The minimum absolute atomic E-state index is 0.200. The van der Waals surface area contributed by atoms with Crippen molar-refractivity contribution in [3.05, 3.63) is 41.6 Å². The van der Waals surface area contributed by atoms with Crippen LogP contribution in [-0.4, -0.2) is 17.1 Å². The number of aryl methyl sites for hydroxylation is 1. The van der Waals surface area contributed by atoms with Gasteiger partial charge in [-0.3, -0.25) is 4.98 Å². The summed E-state index contributed by atoms with van der Waals surface area (Å²) in [4.78, 5) is 4.56. The van der Waals surface area contributed by atoms with Gasteiger partial charge in [-0.15, -0.1) is 0 Å². The smallest absolute Gasteiger partial charge is 0.0705 e. The molecule has 2 heterocycles. The molecule has 1 fully saturated rings. The third-order valence-corrected chi connectivity index (χ3v) is 4.14. The van der Waals surface area contributed by atoms with E-state index in [2.05, 4.69) is 54.5 Å². The van der Waals surface area contributed by atoms with Gasteiger partial charge in [0, 0.05) is 22.5 Å². The van der Waals surface area contributed by atoms with Gasteiger partial charge >= 0.3 is 0 Å². The molecule has 2 nitrogen and oxygen atoms in total. The quantitative estimate of drug-likeness (QED) is 0.826. The van der Waals surface area contributed by atoms with Crippen molar-refractivity contribution in [3.63, 3.8) is 0 Å². The molecule has 1 aromatic carbocycles. The number of pyridine rings is 1. The Bertz CT molecular complexity index is 587. The van der Waals surface area contributed by atoms with Crippen molar-refractivity contribution in [2.24, 2.45) is 0 Å². The molecule has 18 heavy (non-hydrogen) atoms. The Morgan fingerprint density at radius 3 is 2.78 bits per heavy atom. The van der Waals surface area contributed by atoms with Crippen LogP contribution in [0.4, 0.5) is 0 Å². The van der Waals surface area contributed by atoms with E-state index in [4.69, 9.17) is 0 Å². The molecule has 1 atom stereocenters. The highest BCUT2D eigenvalue weighted by atomic mass is 15.0. The molecule has 1 aliphatic heterocycles. The van der Waals surface area contributed by atoms with Crippen LogP contribution in [0.2, 0.25) is 0 Å². The highest BCUT2D eigenvalue weighted by Crippen LogP contribution is 2.36. The fourth-order valence-corrected chi connectivity index (χ4v) is 3.07. The van der Waals surface area contributed by atoms with Gasteiger partial charge in [0.05, 0.1) is 5.52 Å². The Kier molecular flexibility index (Phi) is 2.63. The van der Waals surface area contributed by atoms with Crippen LogP contribution >= 0.6 is 0 Å². The maximum absolute atomic E-state index is 4.56. The summed E-state index contributed by atoms with van der Waals surface area (Å²) in [6.07, 6.45) is 1.22. The molecule has 1 unspecified atom stereocenters. The largest absolute Gasteiger partial charge is 0.311 e. The molecule has 0 amide bonds. The summed E-state index contributed by atoms with van der Waals surface area (Å²) in [7, 11) is 0. The first kappa shape index (κ1) is 11.7. The zero-order chi connectivity index (χ0) is 12.8. The third kappa shape index (κ3) is 1.91. The second-order valence-corrected chi connectivity index (χ2v) is 5.89. The van der Waals surface area contributed by atoms with Crippen molar-refractivity contribution in [3.8, 4) is 0 Å². The van der Waals surface area contributed by atoms with E-state index in [0.29, 0.717) is 5.92 Å². The molecule has 2 heteroatoms. The van der Waals surface area contributed by atoms with Gasteiger partial charge in [-0.2, -0.15) is 0 Å². The van der Waals surface area contributed by atoms with Crippen LogP contribution in [0.1, 0.15) is 37.4 Å². The standard InChI is InChI=1S/C16H20N2/c1-11-4-5-13-10-12(6-7-15(13)18-11)14-8-9-17-16(14,2)3/h4-7,10,14,17H,8-9H2,1-3H3. The van der Waals surface area contributed by atoms with Crippen LogP contribution in [0.25, 0.3) is 10.9 Å². The normalized spacial score (nSPS) is 22.5. The fraction of sp³-hybridized carbons (Fsp3) is 0.438. The highest BCUT2D eigenvalue weighted by molar-refractivity contribution is 5.79.